The van der Waals surface area contributed by atoms with E-state index in [9.17, 15) is 23.1 Å². The third-order valence-corrected chi connectivity index (χ3v) is 2.98. The molecule has 7 nitrogen and oxygen atoms in total. The van der Waals surface area contributed by atoms with Crippen LogP contribution in [0.5, 0.6) is 0 Å². The van der Waals surface area contributed by atoms with Crippen LogP contribution in [-0.2, 0) is 17.5 Å². The van der Waals surface area contributed by atoms with Gasteiger partial charge < -0.3 is 9.84 Å². The van der Waals surface area contributed by atoms with Gasteiger partial charge in [-0.3, -0.25) is 4.90 Å². The molecule has 0 aliphatic carbocycles. The minimum Gasteiger partial charge on any atom is -0.444 e. The molecule has 0 spiro atoms. The lowest BCUT2D eigenvalue weighted by Gasteiger charge is -2.35. The van der Waals surface area contributed by atoms with Crippen LogP contribution in [0.1, 0.15) is 38.5 Å². The Morgan fingerprint density at radius 2 is 2.00 bits per heavy atom. The molecular formula is C12H17F3N4O3. The molecule has 1 aromatic rings. The van der Waals surface area contributed by atoms with Crippen molar-refractivity contribution < 1.29 is 27.8 Å². The van der Waals surface area contributed by atoms with Crippen LogP contribution in [-0.4, -0.2) is 49.6 Å². The third-order valence-electron chi connectivity index (χ3n) is 2.98. The SMILES string of the molecule is CC(C)(C)OC(=O)N1CCn2nc(C(F)(F)F)nc2C1CO. The summed E-state index contributed by atoms with van der Waals surface area (Å²) < 4.78 is 44.3. The number of nitrogens with zero attached hydrogens (tertiary/aromatic N) is 4. The van der Waals surface area contributed by atoms with Crippen molar-refractivity contribution in [3.05, 3.63) is 11.6 Å². The first-order valence-corrected chi connectivity index (χ1v) is 6.65. The second-order valence-corrected chi connectivity index (χ2v) is 5.89. The molecule has 124 valence electrons. The minimum absolute atomic E-state index is 0.0498. The second kappa shape index (κ2) is 5.41. The van der Waals surface area contributed by atoms with Gasteiger partial charge in [0.2, 0.25) is 0 Å². The molecule has 0 radical (unpaired) electrons. The van der Waals surface area contributed by atoms with Gasteiger partial charge in [-0.25, -0.2) is 14.5 Å². The summed E-state index contributed by atoms with van der Waals surface area (Å²) in [6.07, 6.45) is -5.39. The van der Waals surface area contributed by atoms with E-state index in [1.165, 1.54) is 0 Å². The van der Waals surface area contributed by atoms with E-state index in [-0.39, 0.29) is 18.9 Å². The number of ether oxygens (including phenoxy) is 1. The van der Waals surface area contributed by atoms with E-state index in [0.29, 0.717) is 0 Å². The number of aliphatic hydroxyl groups is 1. The van der Waals surface area contributed by atoms with Crippen molar-refractivity contribution in [1.29, 1.82) is 0 Å². The molecule has 1 amide bonds. The number of hydrogen-bond donors (Lipinski definition) is 1. The largest absolute Gasteiger partial charge is 0.453 e. The number of alkyl halides is 3. The summed E-state index contributed by atoms with van der Waals surface area (Å²) in [7, 11) is 0. The predicted molar refractivity (Wildman–Crippen MR) is 67.8 cm³/mol. The molecular weight excluding hydrogens is 305 g/mol. The van der Waals surface area contributed by atoms with Gasteiger partial charge in [0.1, 0.15) is 11.6 Å². The van der Waals surface area contributed by atoms with Crippen molar-refractivity contribution in [2.75, 3.05) is 13.2 Å². The summed E-state index contributed by atoms with van der Waals surface area (Å²) in [5.74, 6) is -1.39. The smallest absolute Gasteiger partial charge is 0.444 e. The van der Waals surface area contributed by atoms with Crippen molar-refractivity contribution in [1.82, 2.24) is 19.7 Å². The number of amides is 1. The molecule has 22 heavy (non-hydrogen) atoms. The molecule has 0 saturated carbocycles. The Balaban J connectivity index is 2.29. The van der Waals surface area contributed by atoms with Crippen LogP contribution in [0.4, 0.5) is 18.0 Å². The van der Waals surface area contributed by atoms with Crippen molar-refractivity contribution in [3.8, 4) is 0 Å². The maximum atomic E-state index is 12.7. The van der Waals surface area contributed by atoms with Gasteiger partial charge in [0.25, 0.3) is 5.82 Å². The Kier molecular flexibility index (Phi) is 4.07. The first kappa shape index (κ1) is 16.5. The van der Waals surface area contributed by atoms with E-state index in [2.05, 4.69) is 10.1 Å². The van der Waals surface area contributed by atoms with Gasteiger partial charge in [0.05, 0.1) is 13.2 Å². The van der Waals surface area contributed by atoms with Crippen molar-refractivity contribution in [2.45, 2.75) is 45.1 Å². The molecule has 0 aromatic carbocycles. The topological polar surface area (TPSA) is 80.5 Å². The summed E-state index contributed by atoms with van der Waals surface area (Å²) in [6, 6.07) is -1.02. The average molecular weight is 322 g/mol. The number of aliphatic hydroxyl groups excluding tert-OH is 1. The fourth-order valence-electron chi connectivity index (χ4n) is 2.10. The molecule has 1 N–H and O–H groups in total. The molecule has 0 fully saturated rings. The quantitative estimate of drug-likeness (QED) is 0.849. The molecule has 2 heterocycles. The summed E-state index contributed by atoms with van der Waals surface area (Å²) >= 11 is 0. The number of halogens is 3. The van der Waals surface area contributed by atoms with Gasteiger partial charge in [-0.1, -0.05) is 0 Å². The number of fused-ring (bicyclic) bond motifs is 1. The van der Waals surface area contributed by atoms with Gasteiger partial charge in [0.15, 0.2) is 5.82 Å². The lowest BCUT2D eigenvalue weighted by Crippen LogP contribution is -2.46. The highest BCUT2D eigenvalue weighted by Gasteiger charge is 2.41. The third kappa shape index (κ3) is 3.32. The van der Waals surface area contributed by atoms with Gasteiger partial charge in [0, 0.05) is 6.54 Å². The fourth-order valence-corrected chi connectivity index (χ4v) is 2.10. The van der Waals surface area contributed by atoms with E-state index in [1.54, 1.807) is 20.8 Å². The maximum absolute atomic E-state index is 12.7. The summed E-state index contributed by atoms with van der Waals surface area (Å²) in [5.41, 5.74) is -0.751. The number of carbonyl (C=O) groups is 1. The Bertz CT molecular complexity index is 565. The zero-order chi connectivity index (χ0) is 16.7. The summed E-state index contributed by atoms with van der Waals surface area (Å²) in [4.78, 5) is 16.7. The fraction of sp³-hybridized carbons (Fsp3) is 0.750. The highest BCUT2D eigenvalue weighted by atomic mass is 19.4. The lowest BCUT2D eigenvalue weighted by atomic mass is 10.2. The van der Waals surface area contributed by atoms with Crippen molar-refractivity contribution in [3.63, 3.8) is 0 Å². The van der Waals surface area contributed by atoms with E-state index in [0.717, 1.165) is 9.58 Å². The number of rotatable bonds is 1. The first-order chi connectivity index (χ1) is 10.0. The molecule has 2 rings (SSSR count). The molecule has 0 saturated heterocycles. The number of carbonyl (C=O) groups excluding carboxylic acids is 1. The van der Waals surface area contributed by atoms with Crippen molar-refractivity contribution >= 4 is 6.09 Å². The number of aromatic nitrogens is 3. The molecule has 0 bridgehead atoms. The van der Waals surface area contributed by atoms with Crippen LogP contribution in [0, 0.1) is 0 Å². The first-order valence-electron chi connectivity index (χ1n) is 6.65. The van der Waals surface area contributed by atoms with Crippen LogP contribution in [0.25, 0.3) is 0 Å². The second-order valence-electron chi connectivity index (χ2n) is 5.89. The lowest BCUT2D eigenvalue weighted by molar-refractivity contribution is -0.145. The number of hydrogen-bond acceptors (Lipinski definition) is 5. The molecule has 1 aliphatic rings. The Morgan fingerprint density at radius 1 is 1.36 bits per heavy atom. The zero-order valence-corrected chi connectivity index (χ0v) is 12.4. The summed E-state index contributed by atoms with van der Waals surface area (Å²) in [5, 5.41) is 12.8. The highest BCUT2D eigenvalue weighted by Crippen LogP contribution is 2.31. The summed E-state index contributed by atoms with van der Waals surface area (Å²) in [6.45, 7) is 4.57. The van der Waals surface area contributed by atoms with Crippen LogP contribution in [0.15, 0.2) is 0 Å². The maximum Gasteiger partial charge on any atom is 0.453 e. The van der Waals surface area contributed by atoms with Crippen LogP contribution >= 0.6 is 0 Å². The van der Waals surface area contributed by atoms with Gasteiger partial charge >= 0.3 is 12.3 Å². The molecule has 1 atom stereocenters. The minimum atomic E-state index is -4.68. The van der Waals surface area contributed by atoms with E-state index >= 15 is 0 Å². The Hall–Kier alpha value is -1.84. The van der Waals surface area contributed by atoms with Gasteiger partial charge in [-0.15, -0.1) is 5.10 Å². The van der Waals surface area contributed by atoms with Crippen LogP contribution in [0.3, 0.4) is 0 Å². The molecule has 1 aliphatic heterocycles. The molecule has 1 aromatic heterocycles. The van der Waals surface area contributed by atoms with Gasteiger partial charge in [-0.2, -0.15) is 13.2 Å². The monoisotopic (exact) mass is 322 g/mol. The highest BCUT2D eigenvalue weighted by molar-refractivity contribution is 5.68. The molecule has 1 unspecified atom stereocenters. The van der Waals surface area contributed by atoms with Gasteiger partial charge in [-0.05, 0) is 20.8 Å². The Labute approximate surface area is 124 Å². The van der Waals surface area contributed by atoms with Crippen molar-refractivity contribution in [2.24, 2.45) is 0 Å². The molecule has 10 heteroatoms. The van der Waals surface area contributed by atoms with E-state index in [1.807, 2.05) is 0 Å². The average Bonchev–Trinajstić information content (AvgIpc) is 2.78. The van der Waals surface area contributed by atoms with Crippen LogP contribution < -0.4 is 0 Å². The Morgan fingerprint density at radius 3 is 2.50 bits per heavy atom. The van der Waals surface area contributed by atoms with E-state index < -0.39 is 36.3 Å². The van der Waals surface area contributed by atoms with E-state index in [4.69, 9.17) is 4.74 Å². The normalized spacial score (nSPS) is 19.0. The van der Waals surface area contributed by atoms with Crippen LogP contribution in [0.2, 0.25) is 0 Å². The standard InChI is InChI=1S/C12H17F3N4O3/c1-11(2,3)22-10(21)18-4-5-19-8(7(18)6-20)16-9(17-19)12(13,14)15/h7,20H,4-6H2,1-3H3. The predicted octanol–water partition coefficient (Wildman–Crippen LogP) is 1.58. The zero-order valence-electron chi connectivity index (χ0n) is 12.4.